The first-order valence-electron chi connectivity index (χ1n) is 12.1. The molecular formula is C35H40NO4P. The van der Waals surface area contributed by atoms with E-state index in [4.69, 9.17) is 9.05 Å². The van der Waals surface area contributed by atoms with Crippen LogP contribution in [0.5, 0.6) is 11.5 Å². The van der Waals surface area contributed by atoms with Crippen molar-refractivity contribution < 1.29 is 18.6 Å². The van der Waals surface area contributed by atoms with Gasteiger partial charge in [-0.3, -0.25) is 9.59 Å². The van der Waals surface area contributed by atoms with E-state index in [0.717, 1.165) is 11.1 Å². The quantitative estimate of drug-likeness (QED) is 0.108. The summed E-state index contributed by atoms with van der Waals surface area (Å²) in [5, 5.41) is 0. The first-order chi connectivity index (χ1) is 18.4. The molecule has 0 bridgehead atoms. The highest BCUT2D eigenvalue weighted by molar-refractivity contribution is 7.56. The third-order valence-corrected chi connectivity index (χ3v) is 7.47. The van der Waals surface area contributed by atoms with Gasteiger partial charge in [0, 0.05) is 24.8 Å². The van der Waals surface area contributed by atoms with E-state index in [-0.39, 0.29) is 33.8 Å². The normalized spacial score (nSPS) is 10.6. The second kappa shape index (κ2) is 16.6. The highest BCUT2D eigenvalue weighted by Gasteiger charge is 2.17. The first kappa shape index (κ1) is 34.6. The Morgan fingerprint density at radius 2 is 0.927 bits per heavy atom. The van der Waals surface area contributed by atoms with Gasteiger partial charge in [0.25, 0.3) is 0 Å². The summed E-state index contributed by atoms with van der Waals surface area (Å²) in [5.74, 6) is 1.15. The molecule has 0 N–H and O–H groups in total. The van der Waals surface area contributed by atoms with Gasteiger partial charge in [-0.1, -0.05) is 119 Å². The van der Waals surface area contributed by atoms with Crippen LogP contribution < -0.4 is 9.05 Å². The maximum absolute atomic E-state index is 12.3. The molecule has 0 saturated carbocycles. The average Bonchev–Trinajstić information content (AvgIpc) is 2.97. The number of allylic oxidation sites excluding steroid dienone is 2. The van der Waals surface area contributed by atoms with Crippen LogP contribution in [0, 0.1) is 0 Å². The number of nitrogens with zero attached hydrogens (tertiary/aromatic N) is 1. The third-order valence-electron chi connectivity index (χ3n) is 5.64. The number of carbonyl (C=O) groups is 2. The molecule has 0 radical (unpaired) electrons. The van der Waals surface area contributed by atoms with Gasteiger partial charge in [0.2, 0.25) is 0 Å². The van der Waals surface area contributed by atoms with Gasteiger partial charge in [0.1, 0.15) is 11.5 Å². The summed E-state index contributed by atoms with van der Waals surface area (Å²) >= 11 is 0. The van der Waals surface area contributed by atoms with Crippen LogP contribution in [-0.4, -0.2) is 25.3 Å². The van der Waals surface area contributed by atoms with Crippen LogP contribution >= 0.6 is 7.51 Å². The van der Waals surface area contributed by atoms with E-state index in [1.54, 1.807) is 55.6 Å². The number of ketones is 2. The molecule has 41 heavy (non-hydrogen) atoms. The second-order valence-electron chi connectivity index (χ2n) is 8.45. The van der Waals surface area contributed by atoms with Gasteiger partial charge in [-0.25, -0.2) is 4.74 Å². The Balaban J connectivity index is 0.00000280. The van der Waals surface area contributed by atoms with E-state index in [9.17, 15) is 9.59 Å². The number of hydrogen-bond donors (Lipinski definition) is 0. The van der Waals surface area contributed by atoms with Crippen LogP contribution in [0.2, 0.25) is 0 Å². The standard InChI is InChI=1S/C32H28NO4P.3CH4/c1-33-38(2,36-29-19-13-25(14-20-29)17-23-31(34)27-9-5-3-6-10-27)37-30-21-15-26(16-22-30)18-24-32(35)28-11-7-4-8-12-28;;;/h3-24H,1-2H3;3*1H4/b23-17+,24-18+;;;. The van der Waals surface area contributed by atoms with Gasteiger partial charge in [-0.05, 0) is 47.5 Å². The molecule has 0 spiro atoms. The molecule has 0 fully saturated rings. The summed E-state index contributed by atoms with van der Waals surface area (Å²) in [5.41, 5.74) is 3.06. The lowest BCUT2D eigenvalue weighted by molar-refractivity contribution is 0.103. The number of benzene rings is 4. The molecule has 0 aliphatic heterocycles. The number of hydrogen-bond acceptors (Lipinski definition) is 5. The minimum Gasteiger partial charge on any atom is -0.430 e. The van der Waals surface area contributed by atoms with Crippen molar-refractivity contribution in [2.75, 3.05) is 13.7 Å². The summed E-state index contributed by atoms with van der Waals surface area (Å²) in [4.78, 5) is 24.6. The van der Waals surface area contributed by atoms with E-state index < -0.39 is 7.51 Å². The molecule has 5 nitrogen and oxygen atoms in total. The van der Waals surface area contributed by atoms with Crippen LogP contribution in [0.1, 0.15) is 54.1 Å². The fourth-order valence-electron chi connectivity index (χ4n) is 3.51. The zero-order valence-electron chi connectivity index (χ0n) is 21.2. The molecular weight excluding hydrogens is 529 g/mol. The molecule has 4 aromatic rings. The summed E-state index contributed by atoms with van der Waals surface area (Å²) in [7, 11) is -0.913. The van der Waals surface area contributed by atoms with Gasteiger partial charge in [0.05, 0.1) is 0 Å². The predicted octanol–water partition coefficient (Wildman–Crippen LogP) is 10.1. The second-order valence-corrected chi connectivity index (χ2v) is 10.8. The molecule has 0 aliphatic rings. The molecule has 4 rings (SSSR count). The maximum atomic E-state index is 12.3. The van der Waals surface area contributed by atoms with Crippen molar-refractivity contribution in [1.82, 2.24) is 0 Å². The lowest BCUT2D eigenvalue weighted by Crippen LogP contribution is -2.00. The van der Waals surface area contributed by atoms with E-state index in [0.29, 0.717) is 22.6 Å². The van der Waals surface area contributed by atoms with Gasteiger partial charge in [-0.2, -0.15) is 0 Å². The van der Waals surface area contributed by atoms with Crippen molar-refractivity contribution >= 4 is 31.2 Å². The SMILES string of the molecule is C.C.C.CN=P(C)(Oc1ccc(/C=C/C(=O)c2ccccc2)cc1)Oc1ccc(/C=C/C(=O)c2ccccc2)cc1. The van der Waals surface area contributed by atoms with Crippen molar-refractivity contribution in [1.29, 1.82) is 0 Å². The Morgan fingerprint density at radius 1 is 0.585 bits per heavy atom. The smallest absolute Gasteiger partial charge is 0.310 e. The fourth-order valence-corrected chi connectivity index (χ4v) is 4.74. The summed E-state index contributed by atoms with van der Waals surface area (Å²) in [6, 6.07) is 33.1. The van der Waals surface area contributed by atoms with Gasteiger partial charge in [0.15, 0.2) is 11.6 Å². The molecule has 6 heteroatoms. The largest absolute Gasteiger partial charge is 0.430 e. The van der Waals surface area contributed by atoms with E-state index in [2.05, 4.69) is 4.74 Å². The Kier molecular flexibility index (Phi) is 14.0. The van der Waals surface area contributed by atoms with Gasteiger partial charge >= 0.3 is 7.51 Å². The number of rotatable bonds is 10. The van der Waals surface area contributed by atoms with Crippen molar-refractivity contribution in [2.45, 2.75) is 22.3 Å². The van der Waals surface area contributed by atoms with Crippen LogP contribution in [0.3, 0.4) is 0 Å². The molecule has 0 saturated heterocycles. The molecule has 0 aromatic heterocycles. The van der Waals surface area contributed by atoms with Gasteiger partial charge in [-0.15, -0.1) is 0 Å². The third kappa shape index (κ3) is 10.2. The fraction of sp³-hybridized carbons (Fsp3) is 0.143. The highest BCUT2D eigenvalue weighted by atomic mass is 31.2. The zero-order valence-corrected chi connectivity index (χ0v) is 22.1. The molecule has 0 atom stereocenters. The van der Waals surface area contributed by atoms with Crippen LogP contribution in [0.25, 0.3) is 12.2 Å². The molecule has 214 valence electrons. The number of carbonyl (C=O) groups excluding carboxylic acids is 2. The van der Waals surface area contributed by atoms with E-state index in [1.165, 1.54) is 0 Å². The van der Waals surface area contributed by atoms with Crippen LogP contribution in [0.15, 0.2) is 126 Å². The summed E-state index contributed by atoms with van der Waals surface area (Å²) in [6.07, 6.45) is 6.67. The average molecular weight is 570 g/mol. The molecule has 0 aliphatic carbocycles. The van der Waals surface area contributed by atoms with E-state index >= 15 is 0 Å². The van der Waals surface area contributed by atoms with Crippen molar-refractivity contribution in [3.63, 3.8) is 0 Å². The Hall–Kier alpha value is -4.47. The van der Waals surface area contributed by atoms with Crippen molar-refractivity contribution in [2.24, 2.45) is 4.74 Å². The minimum atomic E-state index is -2.59. The lowest BCUT2D eigenvalue weighted by atomic mass is 10.1. The molecule has 0 amide bonds. The topological polar surface area (TPSA) is 65.0 Å². The minimum absolute atomic E-state index is 0. The van der Waals surface area contributed by atoms with Gasteiger partial charge < -0.3 is 9.05 Å². The summed E-state index contributed by atoms with van der Waals surface area (Å²) in [6.45, 7) is 1.84. The summed E-state index contributed by atoms with van der Waals surface area (Å²) < 4.78 is 16.7. The first-order valence-corrected chi connectivity index (χ1v) is 14.1. The predicted molar refractivity (Wildman–Crippen MR) is 175 cm³/mol. The Bertz CT molecular complexity index is 1380. The van der Waals surface area contributed by atoms with Crippen molar-refractivity contribution in [3.05, 3.63) is 144 Å². The van der Waals surface area contributed by atoms with Crippen molar-refractivity contribution in [3.8, 4) is 11.5 Å². The monoisotopic (exact) mass is 569 g/mol. The Morgan fingerprint density at radius 3 is 1.24 bits per heavy atom. The zero-order chi connectivity index (χ0) is 26.8. The lowest BCUT2D eigenvalue weighted by Gasteiger charge is -2.21. The molecule has 0 heterocycles. The Labute approximate surface area is 245 Å². The van der Waals surface area contributed by atoms with Crippen LogP contribution in [-0.2, 0) is 0 Å². The highest BCUT2D eigenvalue weighted by Crippen LogP contribution is 2.48. The molecule has 0 unspecified atom stereocenters. The van der Waals surface area contributed by atoms with Crippen LogP contribution in [0.4, 0.5) is 0 Å². The van der Waals surface area contributed by atoms with E-state index in [1.807, 2.05) is 91.6 Å². The maximum Gasteiger partial charge on any atom is 0.310 e. The molecule has 4 aromatic carbocycles.